The Bertz CT molecular complexity index is 1410. The number of carbonyl (C=O) groups excluding carboxylic acids is 1. The Morgan fingerprint density at radius 3 is 2.41 bits per heavy atom. The second kappa shape index (κ2) is 9.33. The number of carbonyl (C=O) groups is 1. The molecular formula is C26H25F6N5O2. The van der Waals surface area contributed by atoms with Gasteiger partial charge in [0.1, 0.15) is 6.33 Å². The van der Waals surface area contributed by atoms with Crippen LogP contribution in [0.2, 0.25) is 0 Å². The number of anilines is 1. The fourth-order valence-electron chi connectivity index (χ4n) is 5.00. The van der Waals surface area contributed by atoms with Gasteiger partial charge in [0.05, 0.1) is 18.2 Å². The number of halogens is 6. The molecule has 0 spiro atoms. The monoisotopic (exact) mass is 553 g/mol. The Labute approximate surface area is 220 Å². The van der Waals surface area contributed by atoms with Crippen LogP contribution in [0, 0.1) is 0 Å². The highest BCUT2D eigenvalue weighted by Crippen LogP contribution is 2.48. The molecule has 0 N–H and O–H groups in total. The molecule has 1 amide bonds. The summed E-state index contributed by atoms with van der Waals surface area (Å²) in [6.45, 7) is 1.56. The molecule has 1 saturated heterocycles. The van der Waals surface area contributed by atoms with Gasteiger partial charge in [0.25, 0.3) is 5.91 Å². The van der Waals surface area contributed by atoms with Crippen LogP contribution in [0.1, 0.15) is 45.4 Å². The maximum Gasteiger partial charge on any atom is 0.416 e. The maximum absolute atomic E-state index is 15.8. The minimum Gasteiger partial charge on any atom is -0.379 e. The summed E-state index contributed by atoms with van der Waals surface area (Å²) in [5, 5.41) is 6.73. The summed E-state index contributed by atoms with van der Waals surface area (Å²) >= 11 is 0. The van der Waals surface area contributed by atoms with Gasteiger partial charge in [-0.15, -0.1) is 10.2 Å². The fourth-order valence-corrected chi connectivity index (χ4v) is 5.00. The third kappa shape index (κ3) is 4.56. The molecule has 7 nitrogen and oxygen atoms in total. The van der Waals surface area contributed by atoms with Crippen molar-refractivity contribution >= 4 is 11.6 Å². The van der Waals surface area contributed by atoms with Gasteiger partial charge >= 0.3 is 12.1 Å². The molecule has 0 saturated carbocycles. The summed E-state index contributed by atoms with van der Waals surface area (Å²) < 4.78 is 94.4. The van der Waals surface area contributed by atoms with Crippen LogP contribution < -0.4 is 4.90 Å². The van der Waals surface area contributed by atoms with Crippen molar-refractivity contribution in [2.24, 2.45) is 7.05 Å². The average molecular weight is 554 g/mol. The van der Waals surface area contributed by atoms with Crippen molar-refractivity contribution in [3.63, 3.8) is 0 Å². The van der Waals surface area contributed by atoms with E-state index in [2.05, 4.69) is 10.2 Å². The number of aromatic nitrogens is 3. The molecule has 2 aromatic carbocycles. The van der Waals surface area contributed by atoms with Crippen molar-refractivity contribution in [1.82, 2.24) is 19.7 Å². The van der Waals surface area contributed by atoms with Gasteiger partial charge in [0, 0.05) is 45.0 Å². The summed E-state index contributed by atoms with van der Waals surface area (Å²) in [4.78, 5) is 16.3. The SMILES string of the molecule is COC1CN(Cc2cc3c(c(C(F)(F)F)c2)CN(c2cccc([C@@](C)(F)C(F)(F)c4nncn4C)c2)C3=O)C1. The van der Waals surface area contributed by atoms with Crippen LogP contribution >= 0.6 is 0 Å². The number of methoxy groups -OCH3 is 1. The van der Waals surface area contributed by atoms with Gasteiger partial charge in [0.2, 0.25) is 11.5 Å². The lowest BCUT2D eigenvalue weighted by Gasteiger charge is -2.38. The Hall–Kier alpha value is -3.45. The predicted molar refractivity (Wildman–Crippen MR) is 128 cm³/mol. The topological polar surface area (TPSA) is 63.5 Å². The first kappa shape index (κ1) is 27.1. The number of benzene rings is 2. The number of hydrogen-bond donors (Lipinski definition) is 0. The number of ether oxygens (including phenoxy) is 1. The zero-order valence-corrected chi connectivity index (χ0v) is 21.3. The molecule has 13 heteroatoms. The number of nitrogens with zero attached hydrogens (tertiary/aromatic N) is 5. The van der Waals surface area contributed by atoms with E-state index in [1.807, 2.05) is 4.90 Å². The second-order valence-electron chi connectivity index (χ2n) is 10.0. The third-order valence-corrected chi connectivity index (χ3v) is 7.35. The van der Waals surface area contributed by atoms with Crippen LogP contribution in [0.5, 0.6) is 0 Å². The van der Waals surface area contributed by atoms with E-state index in [-0.39, 0.29) is 29.5 Å². The normalized spacial score (nSPS) is 18.3. The lowest BCUT2D eigenvalue weighted by atomic mass is 9.90. The van der Waals surface area contributed by atoms with E-state index in [0.29, 0.717) is 25.6 Å². The molecule has 0 bridgehead atoms. The number of hydrogen-bond acceptors (Lipinski definition) is 5. The predicted octanol–water partition coefficient (Wildman–Crippen LogP) is 4.80. The molecule has 3 heterocycles. The van der Waals surface area contributed by atoms with E-state index in [0.717, 1.165) is 34.0 Å². The van der Waals surface area contributed by atoms with Crippen molar-refractivity contribution in [3.8, 4) is 0 Å². The van der Waals surface area contributed by atoms with Gasteiger partial charge in [-0.25, -0.2) is 4.39 Å². The molecule has 0 unspecified atom stereocenters. The minimum atomic E-state index is -4.72. The molecule has 1 atom stereocenters. The molecule has 5 rings (SSSR count). The number of likely N-dealkylation sites (tertiary alicyclic amines) is 1. The Morgan fingerprint density at radius 1 is 1.08 bits per heavy atom. The minimum absolute atomic E-state index is 0.00754. The largest absolute Gasteiger partial charge is 0.416 e. The van der Waals surface area contributed by atoms with Crippen molar-refractivity contribution in [3.05, 3.63) is 76.4 Å². The molecule has 39 heavy (non-hydrogen) atoms. The standard InChI is InChI=1S/C26H25F6N5O2/c1-24(27,25(28,29)23-34-33-14-35(23)2)16-5-4-6-17(9-16)37-13-20-19(22(37)38)7-15(8-21(20)26(30,31)32)10-36-11-18(12-36)39-3/h4-9,14,18H,10-13H2,1-3H3/t24-/m1/s1. The van der Waals surface area contributed by atoms with Gasteiger partial charge < -0.3 is 14.2 Å². The molecule has 1 aromatic heterocycles. The Balaban J connectivity index is 1.47. The van der Waals surface area contributed by atoms with E-state index in [9.17, 15) is 18.0 Å². The summed E-state index contributed by atoms with van der Waals surface area (Å²) in [7, 11) is 2.81. The summed E-state index contributed by atoms with van der Waals surface area (Å²) in [6.07, 6.45) is -3.70. The summed E-state index contributed by atoms with van der Waals surface area (Å²) in [5.41, 5.74) is -4.71. The van der Waals surface area contributed by atoms with E-state index in [1.54, 1.807) is 7.11 Å². The molecule has 208 valence electrons. The molecule has 0 aliphatic carbocycles. The first-order valence-corrected chi connectivity index (χ1v) is 12.1. The zero-order valence-electron chi connectivity index (χ0n) is 21.3. The number of amides is 1. The maximum atomic E-state index is 15.8. The average Bonchev–Trinajstić information content (AvgIpc) is 3.43. The lowest BCUT2D eigenvalue weighted by Crippen LogP contribution is -2.50. The second-order valence-corrected chi connectivity index (χ2v) is 10.0. The van der Waals surface area contributed by atoms with Crippen molar-refractivity contribution in [2.45, 2.75) is 43.9 Å². The molecule has 2 aliphatic heterocycles. The molecule has 1 fully saturated rings. The van der Waals surface area contributed by atoms with Crippen LogP contribution in [0.15, 0.2) is 42.7 Å². The smallest absolute Gasteiger partial charge is 0.379 e. The van der Waals surface area contributed by atoms with Crippen LogP contribution in [-0.4, -0.2) is 51.9 Å². The van der Waals surface area contributed by atoms with E-state index in [4.69, 9.17) is 4.74 Å². The highest BCUT2D eigenvalue weighted by atomic mass is 19.4. The fraction of sp³-hybridized carbons (Fsp3) is 0.423. The summed E-state index contributed by atoms with van der Waals surface area (Å²) in [5.74, 6) is -5.73. The van der Waals surface area contributed by atoms with Gasteiger partial charge in [-0.3, -0.25) is 9.69 Å². The highest BCUT2D eigenvalue weighted by Gasteiger charge is 2.57. The molecular weight excluding hydrogens is 528 g/mol. The number of rotatable bonds is 7. The molecule has 0 radical (unpaired) electrons. The van der Waals surface area contributed by atoms with Gasteiger partial charge in [-0.1, -0.05) is 12.1 Å². The van der Waals surface area contributed by atoms with Gasteiger partial charge in [-0.05, 0) is 47.9 Å². The quantitative estimate of drug-likeness (QED) is 0.394. The first-order chi connectivity index (χ1) is 18.2. The number of aryl methyl sites for hydroxylation is 1. The van der Waals surface area contributed by atoms with Crippen LogP contribution in [0.25, 0.3) is 0 Å². The van der Waals surface area contributed by atoms with Crippen molar-refractivity contribution in [1.29, 1.82) is 0 Å². The summed E-state index contributed by atoms with van der Waals surface area (Å²) in [6, 6.07) is 7.28. The van der Waals surface area contributed by atoms with Crippen LogP contribution in [0.4, 0.5) is 32.0 Å². The van der Waals surface area contributed by atoms with Gasteiger partial charge in [-0.2, -0.15) is 22.0 Å². The Kier molecular flexibility index (Phi) is 6.49. The number of fused-ring (bicyclic) bond motifs is 1. The molecule has 3 aromatic rings. The highest BCUT2D eigenvalue weighted by molar-refractivity contribution is 6.10. The van der Waals surface area contributed by atoms with Crippen molar-refractivity contribution in [2.75, 3.05) is 25.1 Å². The first-order valence-electron chi connectivity index (χ1n) is 12.1. The third-order valence-electron chi connectivity index (χ3n) is 7.35. The van der Waals surface area contributed by atoms with E-state index in [1.165, 1.54) is 25.2 Å². The van der Waals surface area contributed by atoms with Gasteiger partial charge in [0.15, 0.2) is 0 Å². The Morgan fingerprint density at radius 2 is 1.79 bits per heavy atom. The van der Waals surface area contributed by atoms with E-state index >= 15 is 13.2 Å². The van der Waals surface area contributed by atoms with Crippen LogP contribution in [0.3, 0.4) is 0 Å². The van der Waals surface area contributed by atoms with Crippen molar-refractivity contribution < 1.29 is 35.9 Å². The lowest BCUT2D eigenvalue weighted by molar-refractivity contribution is -0.149. The zero-order chi connectivity index (χ0) is 28.3. The van der Waals surface area contributed by atoms with E-state index < -0.39 is 47.2 Å². The number of alkyl halides is 6. The van der Waals surface area contributed by atoms with Crippen LogP contribution in [-0.2, 0) is 42.6 Å². The molecule has 2 aliphatic rings.